The van der Waals surface area contributed by atoms with Crippen LogP contribution in [0.1, 0.15) is 29.5 Å². The van der Waals surface area contributed by atoms with E-state index in [1.165, 1.54) is 29.5 Å². The molecule has 0 saturated carbocycles. The first kappa shape index (κ1) is 20.3. The predicted octanol–water partition coefficient (Wildman–Crippen LogP) is 5.08. The number of thioether (sulfide) groups is 1. The van der Waals surface area contributed by atoms with Gasteiger partial charge < -0.3 is 10.3 Å². The zero-order valence-electron chi connectivity index (χ0n) is 17.0. The van der Waals surface area contributed by atoms with Crippen LogP contribution in [-0.4, -0.2) is 31.8 Å². The molecule has 0 saturated heterocycles. The van der Waals surface area contributed by atoms with E-state index < -0.39 is 0 Å². The molecular formula is C22H22FN5OS. The number of carbonyl (C=O) groups excluding carboxylic acids is 1. The molecule has 4 aromatic rings. The summed E-state index contributed by atoms with van der Waals surface area (Å²) in [6.07, 6.45) is 1.11. The number of aromatic amines is 1. The van der Waals surface area contributed by atoms with E-state index in [0.717, 1.165) is 22.3 Å². The van der Waals surface area contributed by atoms with Gasteiger partial charge in [-0.25, -0.2) is 9.37 Å². The number of nitrogens with zero attached hydrogens (tertiary/aromatic N) is 3. The number of hydrogen-bond donors (Lipinski definition) is 2. The highest BCUT2D eigenvalue weighted by atomic mass is 32.2. The van der Waals surface area contributed by atoms with Gasteiger partial charge in [-0.15, -0.1) is 10.2 Å². The number of hydrogen-bond acceptors (Lipinski definition) is 5. The van der Waals surface area contributed by atoms with Crippen molar-refractivity contribution in [2.45, 2.75) is 38.8 Å². The van der Waals surface area contributed by atoms with Crippen molar-refractivity contribution in [3.63, 3.8) is 0 Å². The van der Waals surface area contributed by atoms with E-state index in [0.29, 0.717) is 40.3 Å². The van der Waals surface area contributed by atoms with Crippen molar-refractivity contribution in [3.8, 4) is 0 Å². The van der Waals surface area contributed by atoms with Crippen molar-refractivity contribution < 1.29 is 9.18 Å². The molecule has 6 nitrogen and oxygen atoms in total. The molecule has 2 aromatic heterocycles. The Kier molecular flexibility index (Phi) is 5.67. The summed E-state index contributed by atoms with van der Waals surface area (Å²) in [5, 5.41) is 12.5. The fourth-order valence-electron chi connectivity index (χ4n) is 3.57. The minimum absolute atomic E-state index is 0.00204. The van der Waals surface area contributed by atoms with E-state index in [-0.39, 0.29) is 11.7 Å². The zero-order chi connectivity index (χ0) is 21.3. The zero-order valence-corrected chi connectivity index (χ0v) is 17.9. The highest BCUT2D eigenvalue weighted by Gasteiger charge is 2.11. The number of carbonyl (C=O) groups is 1. The average molecular weight is 424 g/mol. The number of benzene rings is 2. The van der Waals surface area contributed by atoms with Gasteiger partial charge >= 0.3 is 0 Å². The Morgan fingerprint density at radius 2 is 1.90 bits per heavy atom. The molecule has 0 atom stereocenters. The van der Waals surface area contributed by atoms with E-state index in [1.807, 2.05) is 20.8 Å². The fraction of sp³-hybridized carbons (Fsp3) is 0.273. The lowest BCUT2D eigenvalue weighted by atomic mass is 10.0. The summed E-state index contributed by atoms with van der Waals surface area (Å²) in [6, 6.07) is 8.62. The fourth-order valence-corrected chi connectivity index (χ4v) is 4.29. The molecule has 0 aliphatic heterocycles. The third-order valence-corrected chi connectivity index (χ3v) is 5.80. The van der Waals surface area contributed by atoms with Crippen LogP contribution in [0.5, 0.6) is 0 Å². The molecule has 2 aromatic carbocycles. The van der Waals surface area contributed by atoms with Gasteiger partial charge in [-0.05, 0) is 56.5 Å². The standard InChI is InChI=1S/C22H22FN5OS/c1-12-9-13(2)19(14(3)10-12)25-18(29)5-4-8-30-22-26-21-20(27-28-22)16-11-15(23)6-7-17(16)24-21/h6-7,9-11H,4-5,8H2,1-3H3,(H,25,29)(H,24,26,28). The Morgan fingerprint density at radius 1 is 1.13 bits per heavy atom. The monoisotopic (exact) mass is 423 g/mol. The highest BCUT2D eigenvalue weighted by Crippen LogP contribution is 2.25. The first-order valence-electron chi connectivity index (χ1n) is 9.73. The van der Waals surface area contributed by atoms with Crippen LogP contribution in [0.15, 0.2) is 35.5 Å². The summed E-state index contributed by atoms with van der Waals surface area (Å²) in [7, 11) is 0. The molecule has 0 aliphatic carbocycles. The van der Waals surface area contributed by atoms with E-state index >= 15 is 0 Å². The van der Waals surface area contributed by atoms with Crippen LogP contribution >= 0.6 is 11.8 Å². The molecule has 1 amide bonds. The SMILES string of the molecule is Cc1cc(C)c(NC(=O)CCCSc2nnc3c(n2)[nH]c2ccc(F)cc23)c(C)c1. The minimum atomic E-state index is -0.321. The number of anilines is 1. The molecule has 154 valence electrons. The van der Waals surface area contributed by atoms with Gasteiger partial charge in [0.2, 0.25) is 11.1 Å². The Morgan fingerprint density at radius 3 is 2.67 bits per heavy atom. The lowest BCUT2D eigenvalue weighted by Crippen LogP contribution is -2.13. The Balaban J connectivity index is 1.34. The van der Waals surface area contributed by atoms with Crippen LogP contribution in [0, 0.1) is 26.6 Å². The largest absolute Gasteiger partial charge is 0.338 e. The Hall–Kier alpha value is -3.00. The van der Waals surface area contributed by atoms with Gasteiger partial charge in [0.1, 0.15) is 11.3 Å². The normalized spacial score (nSPS) is 11.3. The van der Waals surface area contributed by atoms with Gasteiger partial charge in [-0.3, -0.25) is 4.79 Å². The van der Waals surface area contributed by atoms with Crippen molar-refractivity contribution in [2.24, 2.45) is 0 Å². The van der Waals surface area contributed by atoms with Crippen LogP contribution in [-0.2, 0) is 4.79 Å². The molecule has 0 radical (unpaired) electrons. The maximum atomic E-state index is 13.5. The van der Waals surface area contributed by atoms with Gasteiger partial charge in [0.05, 0.1) is 0 Å². The van der Waals surface area contributed by atoms with Crippen molar-refractivity contribution >= 4 is 45.4 Å². The average Bonchev–Trinajstić information content (AvgIpc) is 3.05. The molecule has 0 fully saturated rings. The first-order chi connectivity index (χ1) is 14.4. The number of fused-ring (bicyclic) bond motifs is 3. The van der Waals surface area contributed by atoms with Crippen LogP contribution in [0.2, 0.25) is 0 Å². The van der Waals surface area contributed by atoms with Crippen LogP contribution in [0.25, 0.3) is 22.1 Å². The van der Waals surface area contributed by atoms with Gasteiger partial charge in [-0.2, -0.15) is 0 Å². The number of halogens is 1. The highest BCUT2D eigenvalue weighted by molar-refractivity contribution is 7.99. The van der Waals surface area contributed by atoms with Gasteiger partial charge in [0.25, 0.3) is 0 Å². The summed E-state index contributed by atoms with van der Waals surface area (Å²) < 4.78 is 13.5. The summed E-state index contributed by atoms with van der Waals surface area (Å²) in [4.78, 5) is 19.9. The molecule has 8 heteroatoms. The van der Waals surface area contributed by atoms with E-state index in [4.69, 9.17) is 0 Å². The first-order valence-corrected chi connectivity index (χ1v) is 10.7. The lowest BCUT2D eigenvalue weighted by Gasteiger charge is -2.12. The van der Waals surface area contributed by atoms with Crippen LogP contribution < -0.4 is 5.32 Å². The topological polar surface area (TPSA) is 83.6 Å². The minimum Gasteiger partial charge on any atom is -0.338 e. The lowest BCUT2D eigenvalue weighted by molar-refractivity contribution is -0.116. The second-order valence-corrected chi connectivity index (χ2v) is 8.44. The van der Waals surface area contributed by atoms with Gasteiger partial charge in [-0.1, -0.05) is 29.5 Å². The number of nitrogens with one attached hydrogen (secondary N) is 2. The summed E-state index contributed by atoms with van der Waals surface area (Å²) in [5.41, 5.74) is 6.13. The maximum absolute atomic E-state index is 13.5. The molecule has 2 N–H and O–H groups in total. The van der Waals surface area contributed by atoms with Crippen molar-refractivity contribution in [1.82, 2.24) is 20.2 Å². The third-order valence-electron chi connectivity index (χ3n) is 4.88. The molecule has 0 aliphatic rings. The maximum Gasteiger partial charge on any atom is 0.224 e. The number of H-pyrrole nitrogens is 1. The molecule has 0 bridgehead atoms. The summed E-state index contributed by atoms with van der Waals surface area (Å²) in [5.74, 6) is 0.372. The quantitative estimate of drug-likeness (QED) is 0.334. The predicted molar refractivity (Wildman–Crippen MR) is 118 cm³/mol. The second kappa shape index (κ2) is 8.39. The molecule has 4 rings (SSSR count). The third kappa shape index (κ3) is 4.28. The number of aryl methyl sites for hydroxylation is 3. The van der Waals surface area contributed by atoms with E-state index in [2.05, 4.69) is 37.6 Å². The molecule has 30 heavy (non-hydrogen) atoms. The van der Waals surface area contributed by atoms with Crippen molar-refractivity contribution in [2.75, 3.05) is 11.1 Å². The molecule has 2 heterocycles. The Labute approximate surface area is 177 Å². The molecule has 0 unspecified atom stereocenters. The van der Waals surface area contributed by atoms with Gasteiger partial charge in [0.15, 0.2) is 5.65 Å². The number of rotatable bonds is 6. The Bertz CT molecular complexity index is 1230. The summed E-state index contributed by atoms with van der Waals surface area (Å²) >= 11 is 1.45. The molecule has 0 spiro atoms. The van der Waals surface area contributed by atoms with Crippen molar-refractivity contribution in [1.29, 1.82) is 0 Å². The number of amides is 1. The van der Waals surface area contributed by atoms with Crippen molar-refractivity contribution in [3.05, 3.63) is 52.8 Å². The van der Waals surface area contributed by atoms with E-state index in [9.17, 15) is 9.18 Å². The number of aromatic nitrogens is 4. The summed E-state index contributed by atoms with van der Waals surface area (Å²) in [6.45, 7) is 6.06. The van der Waals surface area contributed by atoms with Gasteiger partial charge in [0, 0.05) is 28.8 Å². The van der Waals surface area contributed by atoms with E-state index in [1.54, 1.807) is 6.07 Å². The smallest absolute Gasteiger partial charge is 0.224 e. The van der Waals surface area contributed by atoms with Crippen LogP contribution in [0.4, 0.5) is 10.1 Å². The molecular weight excluding hydrogens is 401 g/mol. The second-order valence-electron chi connectivity index (χ2n) is 7.38. The van der Waals surface area contributed by atoms with Crippen LogP contribution in [0.3, 0.4) is 0 Å².